The minimum atomic E-state index is 0.0137. The number of hydrogen-bond acceptors (Lipinski definition) is 2. The lowest BCUT2D eigenvalue weighted by atomic mass is 9.93. The van der Waals surface area contributed by atoms with Crippen molar-refractivity contribution in [1.82, 2.24) is 4.98 Å². The summed E-state index contributed by atoms with van der Waals surface area (Å²) in [5.41, 5.74) is 12.4. The zero-order valence-electron chi connectivity index (χ0n) is 11.3. The van der Waals surface area contributed by atoms with Crippen LogP contribution in [-0.4, -0.2) is 4.98 Å². The molecule has 0 saturated carbocycles. The SMILES string of the molecule is Cc1cccnc1CC(N)c1c(C)cccc1C. The molecule has 0 saturated heterocycles. The molecule has 2 N–H and O–H groups in total. The molecule has 0 aliphatic heterocycles. The Labute approximate surface area is 109 Å². The van der Waals surface area contributed by atoms with Crippen molar-refractivity contribution in [2.75, 3.05) is 0 Å². The lowest BCUT2D eigenvalue weighted by Crippen LogP contribution is -2.17. The summed E-state index contributed by atoms with van der Waals surface area (Å²) in [6, 6.07) is 10.4. The van der Waals surface area contributed by atoms with Crippen molar-refractivity contribution in [3.8, 4) is 0 Å². The van der Waals surface area contributed by atoms with Crippen LogP contribution < -0.4 is 5.73 Å². The van der Waals surface area contributed by atoms with Crippen LogP contribution in [0.4, 0.5) is 0 Å². The Balaban J connectivity index is 2.28. The molecule has 0 radical (unpaired) electrons. The lowest BCUT2D eigenvalue weighted by molar-refractivity contribution is 0.693. The van der Waals surface area contributed by atoms with Crippen molar-refractivity contribution in [3.63, 3.8) is 0 Å². The topological polar surface area (TPSA) is 38.9 Å². The van der Waals surface area contributed by atoms with E-state index in [9.17, 15) is 0 Å². The quantitative estimate of drug-likeness (QED) is 0.894. The maximum Gasteiger partial charge on any atom is 0.0451 e. The van der Waals surface area contributed by atoms with E-state index in [-0.39, 0.29) is 6.04 Å². The number of nitrogens with zero attached hydrogens (tertiary/aromatic N) is 1. The molecule has 18 heavy (non-hydrogen) atoms. The molecular weight excluding hydrogens is 220 g/mol. The van der Waals surface area contributed by atoms with Gasteiger partial charge in [-0.1, -0.05) is 24.3 Å². The zero-order chi connectivity index (χ0) is 13.1. The third kappa shape index (κ3) is 2.59. The van der Waals surface area contributed by atoms with Crippen LogP contribution >= 0.6 is 0 Å². The number of rotatable bonds is 3. The number of hydrogen-bond donors (Lipinski definition) is 1. The van der Waals surface area contributed by atoms with Gasteiger partial charge in [0.2, 0.25) is 0 Å². The fourth-order valence-corrected chi connectivity index (χ4v) is 2.45. The van der Waals surface area contributed by atoms with Gasteiger partial charge < -0.3 is 5.73 Å². The minimum Gasteiger partial charge on any atom is -0.324 e. The third-order valence-corrected chi connectivity index (χ3v) is 3.44. The van der Waals surface area contributed by atoms with Gasteiger partial charge >= 0.3 is 0 Å². The first-order valence-electron chi connectivity index (χ1n) is 6.31. The first-order valence-corrected chi connectivity index (χ1v) is 6.31. The summed E-state index contributed by atoms with van der Waals surface area (Å²) in [6.07, 6.45) is 2.62. The van der Waals surface area contributed by atoms with Gasteiger partial charge in [0.05, 0.1) is 0 Å². The second-order valence-corrected chi connectivity index (χ2v) is 4.88. The van der Waals surface area contributed by atoms with Gasteiger partial charge in [-0.2, -0.15) is 0 Å². The normalized spacial score (nSPS) is 12.4. The summed E-state index contributed by atoms with van der Waals surface area (Å²) in [6.45, 7) is 6.32. The molecule has 2 aromatic rings. The molecule has 0 aliphatic carbocycles. The van der Waals surface area contributed by atoms with Crippen LogP contribution in [-0.2, 0) is 6.42 Å². The van der Waals surface area contributed by atoms with Crippen molar-refractivity contribution >= 4 is 0 Å². The van der Waals surface area contributed by atoms with E-state index in [0.29, 0.717) is 0 Å². The van der Waals surface area contributed by atoms with Crippen LogP contribution in [0.15, 0.2) is 36.5 Å². The molecular formula is C16H20N2. The molecule has 0 aliphatic rings. The standard InChI is InChI=1S/C16H20N2/c1-11-8-5-9-18-15(11)10-14(17)16-12(2)6-4-7-13(16)3/h4-9,14H,10,17H2,1-3H3. The number of aromatic nitrogens is 1. The van der Waals surface area contributed by atoms with Gasteiger partial charge in [0, 0.05) is 24.4 Å². The molecule has 2 heteroatoms. The molecule has 1 unspecified atom stereocenters. The average Bonchev–Trinajstić information content (AvgIpc) is 2.32. The van der Waals surface area contributed by atoms with E-state index in [0.717, 1.165) is 12.1 Å². The molecule has 1 aromatic heterocycles. The summed E-state index contributed by atoms with van der Waals surface area (Å²) in [5.74, 6) is 0. The second kappa shape index (κ2) is 5.32. The largest absolute Gasteiger partial charge is 0.324 e. The first-order chi connectivity index (χ1) is 8.59. The first kappa shape index (κ1) is 12.8. The fraction of sp³-hybridized carbons (Fsp3) is 0.312. The molecule has 1 heterocycles. The summed E-state index contributed by atoms with van der Waals surface area (Å²) in [4.78, 5) is 4.42. The Bertz CT molecular complexity index is 526. The Kier molecular flexibility index (Phi) is 3.78. The van der Waals surface area contributed by atoms with Crippen molar-refractivity contribution in [2.24, 2.45) is 5.73 Å². The molecule has 1 atom stereocenters. The number of aryl methyl sites for hydroxylation is 3. The van der Waals surface area contributed by atoms with E-state index >= 15 is 0 Å². The predicted molar refractivity (Wildman–Crippen MR) is 75.5 cm³/mol. The summed E-state index contributed by atoms with van der Waals surface area (Å²) in [7, 11) is 0. The van der Waals surface area contributed by atoms with Crippen molar-refractivity contribution < 1.29 is 0 Å². The molecule has 0 spiro atoms. The van der Waals surface area contributed by atoms with Gasteiger partial charge in [-0.25, -0.2) is 0 Å². The van der Waals surface area contributed by atoms with Crippen LogP contribution in [0, 0.1) is 20.8 Å². The highest BCUT2D eigenvalue weighted by atomic mass is 14.7. The van der Waals surface area contributed by atoms with E-state index < -0.39 is 0 Å². The predicted octanol–water partition coefficient (Wildman–Crippen LogP) is 3.25. The van der Waals surface area contributed by atoms with Crippen LogP contribution in [0.5, 0.6) is 0 Å². The molecule has 1 aromatic carbocycles. The van der Waals surface area contributed by atoms with Gasteiger partial charge in [0.1, 0.15) is 0 Å². The molecule has 2 rings (SSSR count). The molecule has 2 nitrogen and oxygen atoms in total. The Hall–Kier alpha value is -1.67. The highest BCUT2D eigenvalue weighted by Gasteiger charge is 2.13. The van der Waals surface area contributed by atoms with E-state index in [4.69, 9.17) is 5.73 Å². The zero-order valence-corrected chi connectivity index (χ0v) is 11.3. The van der Waals surface area contributed by atoms with Crippen molar-refractivity contribution in [1.29, 1.82) is 0 Å². The lowest BCUT2D eigenvalue weighted by Gasteiger charge is -2.18. The summed E-state index contributed by atoms with van der Waals surface area (Å²) < 4.78 is 0. The number of benzene rings is 1. The fourth-order valence-electron chi connectivity index (χ4n) is 2.45. The van der Waals surface area contributed by atoms with E-state index in [2.05, 4.69) is 50.0 Å². The van der Waals surface area contributed by atoms with E-state index in [1.807, 2.05) is 12.3 Å². The van der Waals surface area contributed by atoms with Gasteiger partial charge in [0.15, 0.2) is 0 Å². The van der Waals surface area contributed by atoms with Gasteiger partial charge in [-0.05, 0) is 49.1 Å². The maximum absolute atomic E-state index is 6.36. The molecule has 0 fully saturated rings. The maximum atomic E-state index is 6.36. The van der Waals surface area contributed by atoms with Crippen LogP contribution in [0.25, 0.3) is 0 Å². The molecule has 0 amide bonds. The second-order valence-electron chi connectivity index (χ2n) is 4.88. The molecule has 94 valence electrons. The highest BCUT2D eigenvalue weighted by Crippen LogP contribution is 2.23. The van der Waals surface area contributed by atoms with E-state index in [1.54, 1.807) is 0 Å². The van der Waals surface area contributed by atoms with Crippen LogP contribution in [0.3, 0.4) is 0 Å². The Morgan fingerprint density at radius 2 is 1.61 bits per heavy atom. The van der Waals surface area contributed by atoms with Crippen LogP contribution in [0.2, 0.25) is 0 Å². The third-order valence-electron chi connectivity index (χ3n) is 3.44. The van der Waals surface area contributed by atoms with Gasteiger partial charge in [-0.15, -0.1) is 0 Å². The number of nitrogens with two attached hydrogens (primary N) is 1. The van der Waals surface area contributed by atoms with Gasteiger partial charge in [0.25, 0.3) is 0 Å². The van der Waals surface area contributed by atoms with Gasteiger partial charge in [-0.3, -0.25) is 4.98 Å². The molecule has 0 bridgehead atoms. The minimum absolute atomic E-state index is 0.0137. The summed E-state index contributed by atoms with van der Waals surface area (Å²) in [5, 5.41) is 0. The monoisotopic (exact) mass is 240 g/mol. The Morgan fingerprint density at radius 1 is 1.00 bits per heavy atom. The average molecular weight is 240 g/mol. The Morgan fingerprint density at radius 3 is 2.22 bits per heavy atom. The smallest absolute Gasteiger partial charge is 0.0451 e. The number of pyridine rings is 1. The van der Waals surface area contributed by atoms with E-state index in [1.165, 1.54) is 22.3 Å². The van der Waals surface area contributed by atoms with Crippen LogP contribution in [0.1, 0.15) is 34.0 Å². The van der Waals surface area contributed by atoms with Crippen molar-refractivity contribution in [2.45, 2.75) is 33.2 Å². The van der Waals surface area contributed by atoms with Crippen molar-refractivity contribution in [3.05, 3.63) is 64.5 Å². The highest BCUT2D eigenvalue weighted by molar-refractivity contribution is 5.37. The summed E-state index contributed by atoms with van der Waals surface area (Å²) >= 11 is 0.